The summed E-state index contributed by atoms with van der Waals surface area (Å²) in [5.74, 6) is 2.23. The molecule has 2 aromatic rings. The minimum atomic E-state index is 0. The van der Waals surface area contributed by atoms with Crippen LogP contribution in [0.15, 0.2) is 42.5 Å². The van der Waals surface area contributed by atoms with Crippen LogP contribution in [0.5, 0.6) is 11.5 Å². The summed E-state index contributed by atoms with van der Waals surface area (Å²) in [6, 6.07) is 14.4. The van der Waals surface area contributed by atoms with Crippen molar-refractivity contribution in [2.45, 2.75) is 33.9 Å². The molecule has 0 aliphatic rings. The summed E-state index contributed by atoms with van der Waals surface area (Å²) in [6.45, 7) is 8.79. The Morgan fingerprint density at radius 1 is 1.04 bits per heavy atom. The lowest BCUT2D eigenvalue weighted by Gasteiger charge is -2.16. The summed E-state index contributed by atoms with van der Waals surface area (Å²) in [5, 5.41) is 3.46. The fraction of sp³-hybridized carbons (Fsp3) is 0.400. The lowest BCUT2D eigenvalue weighted by Crippen LogP contribution is -2.19. The van der Waals surface area contributed by atoms with E-state index in [9.17, 15) is 0 Å². The van der Waals surface area contributed by atoms with Crippen LogP contribution in [0.1, 0.15) is 30.5 Å². The van der Waals surface area contributed by atoms with Gasteiger partial charge in [0.15, 0.2) is 11.5 Å². The quantitative estimate of drug-likeness (QED) is 0.746. The zero-order chi connectivity index (χ0) is 16.7. The molecule has 24 heavy (non-hydrogen) atoms. The second kappa shape index (κ2) is 10.2. The summed E-state index contributed by atoms with van der Waals surface area (Å²) in [6.07, 6.45) is 0. The van der Waals surface area contributed by atoms with Crippen molar-refractivity contribution in [1.29, 1.82) is 0 Å². The molecule has 0 amide bonds. The number of nitrogens with one attached hydrogen (secondary N) is 1. The second-order valence-corrected chi connectivity index (χ2v) is 6.25. The molecule has 0 aromatic heterocycles. The highest BCUT2D eigenvalue weighted by molar-refractivity contribution is 5.85. The van der Waals surface area contributed by atoms with E-state index >= 15 is 0 Å². The smallest absolute Gasteiger partial charge is 0.166 e. The maximum atomic E-state index is 6.08. The van der Waals surface area contributed by atoms with Gasteiger partial charge in [0, 0.05) is 12.1 Å². The summed E-state index contributed by atoms with van der Waals surface area (Å²) in [5.41, 5.74) is 3.53. The Hall–Kier alpha value is -1.71. The van der Waals surface area contributed by atoms with Gasteiger partial charge in [0.2, 0.25) is 0 Å². The molecule has 0 aliphatic carbocycles. The Bertz CT molecular complexity index is 612. The van der Waals surface area contributed by atoms with Gasteiger partial charge in [-0.05, 0) is 31.0 Å². The van der Waals surface area contributed by atoms with E-state index in [1.165, 1.54) is 5.56 Å². The van der Waals surface area contributed by atoms with E-state index in [0.717, 1.165) is 35.7 Å². The molecular weight excluding hydrogens is 322 g/mol. The fourth-order valence-electron chi connectivity index (χ4n) is 2.36. The number of rotatable bonds is 8. The van der Waals surface area contributed by atoms with Crippen molar-refractivity contribution in [3.8, 4) is 11.5 Å². The first-order chi connectivity index (χ1) is 11.1. The molecule has 0 unspecified atom stereocenters. The number of halogens is 1. The highest BCUT2D eigenvalue weighted by Crippen LogP contribution is 2.31. The lowest BCUT2D eigenvalue weighted by atomic mass is 10.1. The molecule has 0 bridgehead atoms. The van der Waals surface area contributed by atoms with Gasteiger partial charge in [0.25, 0.3) is 0 Å². The number of hydrogen-bond acceptors (Lipinski definition) is 3. The monoisotopic (exact) mass is 349 g/mol. The van der Waals surface area contributed by atoms with Gasteiger partial charge in [-0.15, -0.1) is 12.4 Å². The molecule has 132 valence electrons. The van der Waals surface area contributed by atoms with Crippen LogP contribution < -0.4 is 14.8 Å². The van der Waals surface area contributed by atoms with Crippen molar-refractivity contribution in [2.75, 3.05) is 13.7 Å². The first-order valence-corrected chi connectivity index (χ1v) is 8.15. The topological polar surface area (TPSA) is 30.5 Å². The normalized spacial score (nSPS) is 10.4. The highest BCUT2D eigenvalue weighted by atomic mass is 35.5. The predicted octanol–water partition coefficient (Wildman–Crippen LogP) is 4.75. The van der Waals surface area contributed by atoms with Crippen LogP contribution in [0.4, 0.5) is 0 Å². The summed E-state index contributed by atoms with van der Waals surface area (Å²) < 4.78 is 11.5. The van der Waals surface area contributed by atoms with Crippen molar-refractivity contribution >= 4 is 12.4 Å². The lowest BCUT2D eigenvalue weighted by molar-refractivity contribution is 0.280. The van der Waals surface area contributed by atoms with Crippen molar-refractivity contribution in [2.24, 2.45) is 5.92 Å². The van der Waals surface area contributed by atoms with Crippen LogP contribution >= 0.6 is 12.4 Å². The highest BCUT2D eigenvalue weighted by Gasteiger charge is 2.11. The van der Waals surface area contributed by atoms with Crippen LogP contribution in [-0.2, 0) is 13.2 Å². The molecule has 0 saturated heterocycles. The van der Waals surface area contributed by atoms with Gasteiger partial charge in [0.1, 0.15) is 6.61 Å². The fourth-order valence-corrected chi connectivity index (χ4v) is 2.36. The molecule has 2 aromatic carbocycles. The number of para-hydroxylation sites is 1. The van der Waals surface area contributed by atoms with E-state index in [-0.39, 0.29) is 12.4 Å². The SMILES string of the molecule is COc1cccc(CNCC(C)C)c1OCc1ccc(C)cc1.Cl. The molecule has 4 heteroatoms. The van der Waals surface area contributed by atoms with Crippen LogP contribution in [-0.4, -0.2) is 13.7 Å². The Morgan fingerprint density at radius 3 is 2.38 bits per heavy atom. The van der Waals surface area contributed by atoms with E-state index in [2.05, 4.69) is 56.4 Å². The van der Waals surface area contributed by atoms with Gasteiger partial charge >= 0.3 is 0 Å². The Balaban J connectivity index is 0.00000288. The molecule has 0 heterocycles. The van der Waals surface area contributed by atoms with Gasteiger partial charge < -0.3 is 14.8 Å². The largest absolute Gasteiger partial charge is 0.493 e. The van der Waals surface area contributed by atoms with Crippen molar-refractivity contribution in [3.05, 3.63) is 59.2 Å². The van der Waals surface area contributed by atoms with E-state index < -0.39 is 0 Å². The average molecular weight is 350 g/mol. The number of ether oxygens (including phenoxy) is 2. The third kappa shape index (κ3) is 6.06. The second-order valence-electron chi connectivity index (χ2n) is 6.25. The third-order valence-corrected chi connectivity index (χ3v) is 3.65. The number of hydrogen-bond donors (Lipinski definition) is 1. The van der Waals surface area contributed by atoms with Gasteiger partial charge in [-0.2, -0.15) is 0 Å². The van der Waals surface area contributed by atoms with Gasteiger partial charge in [0.05, 0.1) is 7.11 Å². The molecule has 3 nitrogen and oxygen atoms in total. The predicted molar refractivity (Wildman–Crippen MR) is 102 cm³/mol. The maximum Gasteiger partial charge on any atom is 0.166 e. The van der Waals surface area contributed by atoms with E-state index in [1.807, 2.05) is 12.1 Å². The molecular formula is C20H28ClNO2. The third-order valence-electron chi connectivity index (χ3n) is 3.65. The zero-order valence-corrected chi connectivity index (χ0v) is 15.8. The molecule has 0 spiro atoms. The minimum Gasteiger partial charge on any atom is -0.493 e. The minimum absolute atomic E-state index is 0. The molecule has 0 atom stereocenters. The molecule has 0 saturated carbocycles. The number of benzene rings is 2. The Labute approximate surface area is 151 Å². The summed E-state index contributed by atoms with van der Waals surface area (Å²) >= 11 is 0. The van der Waals surface area contributed by atoms with Crippen LogP contribution in [0, 0.1) is 12.8 Å². The zero-order valence-electron chi connectivity index (χ0n) is 15.0. The molecule has 0 aliphatic heterocycles. The molecule has 1 N–H and O–H groups in total. The van der Waals surface area contributed by atoms with Gasteiger partial charge in [-0.25, -0.2) is 0 Å². The van der Waals surface area contributed by atoms with Crippen LogP contribution in [0.2, 0.25) is 0 Å². The number of methoxy groups -OCH3 is 1. The summed E-state index contributed by atoms with van der Waals surface area (Å²) in [7, 11) is 1.68. The Kier molecular flexibility index (Phi) is 8.66. The standard InChI is InChI=1S/C20H27NO2.ClH/c1-15(2)12-21-13-18-6-5-7-19(22-4)20(18)23-14-17-10-8-16(3)9-11-17;/h5-11,15,21H,12-14H2,1-4H3;1H. The van der Waals surface area contributed by atoms with Crippen molar-refractivity contribution in [3.63, 3.8) is 0 Å². The van der Waals surface area contributed by atoms with E-state index in [4.69, 9.17) is 9.47 Å². The van der Waals surface area contributed by atoms with E-state index in [1.54, 1.807) is 7.11 Å². The van der Waals surface area contributed by atoms with Gasteiger partial charge in [-0.3, -0.25) is 0 Å². The van der Waals surface area contributed by atoms with E-state index in [0.29, 0.717) is 12.5 Å². The average Bonchev–Trinajstić information content (AvgIpc) is 2.54. The van der Waals surface area contributed by atoms with Crippen LogP contribution in [0.3, 0.4) is 0 Å². The van der Waals surface area contributed by atoms with Crippen molar-refractivity contribution < 1.29 is 9.47 Å². The molecule has 0 radical (unpaired) electrons. The first-order valence-electron chi connectivity index (χ1n) is 8.15. The van der Waals surface area contributed by atoms with Crippen molar-refractivity contribution in [1.82, 2.24) is 5.32 Å². The molecule has 0 fully saturated rings. The maximum absolute atomic E-state index is 6.08. The molecule has 2 rings (SSSR count). The van der Waals surface area contributed by atoms with Crippen LogP contribution in [0.25, 0.3) is 0 Å². The summed E-state index contributed by atoms with van der Waals surface area (Å²) in [4.78, 5) is 0. The first kappa shape index (κ1) is 20.3. The number of aryl methyl sites for hydroxylation is 1. The van der Waals surface area contributed by atoms with Gasteiger partial charge in [-0.1, -0.05) is 55.8 Å². The Morgan fingerprint density at radius 2 is 1.75 bits per heavy atom.